The molecule has 200 valence electrons. The van der Waals surface area contributed by atoms with Crippen molar-refractivity contribution in [3.8, 4) is 17.2 Å². The van der Waals surface area contributed by atoms with Crippen molar-refractivity contribution in [2.75, 3.05) is 26.1 Å². The first-order valence-electron chi connectivity index (χ1n) is 11.5. The predicted octanol–water partition coefficient (Wildman–Crippen LogP) is 2.78. The van der Waals surface area contributed by atoms with E-state index in [1.165, 1.54) is 34.4 Å². The van der Waals surface area contributed by atoms with Crippen molar-refractivity contribution in [3.63, 3.8) is 0 Å². The number of halogens is 1. The second kappa shape index (κ2) is 11.2. The predicted molar refractivity (Wildman–Crippen MR) is 139 cm³/mol. The molecule has 37 heavy (non-hydrogen) atoms. The van der Waals surface area contributed by atoms with Gasteiger partial charge in [0.25, 0.3) is 0 Å². The van der Waals surface area contributed by atoms with Crippen LogP contribution >= 0.6 is 11.6 Å². The molecular formula is C23H30ClN7O5S. The van der Waals surface area contributed by atoms with Crippen LogP contribution in [0.2, 0.25) is 5.02 Å². The van der Waals surface area contributed by atoms with E-state index in [1.54, 1.807) is 34.9 Å². The van der Waals surface area contributed by atoms with E-state index in [4.69, 9.17) is 25.8 Å². The van der Waals surface area contributed by atoms with Crippen LogP contribution in [0.15, 0.2) is 36.5 Å². The molecule has 3 heterocycles. The highest BCUT2D eigenvalue weighted by Crippen LogP contribution is 2.38. The highest BCUT2D eigenvalue weighted by Gasteiger charge is 2.36. The van der Waals surface area contributed by atoms with Crippen molar-refractivity contribution in [1.82, 2.24) is 30.6 Å². The maximum atomic E-state index is 13.6. The summed E-state index contributed by atoms with van der Waals surface area (Å²) in [5.74, 6) is 1.36. The Morgan fingerprint density at radius 1 is 1.11 bits per heavy atom. The van der Waals surface area contributed by atoms with Crippen LogP contribution in [-0.2, 0) is 14.8 Å². The van der Waals surface area contributed by atoms with E-state index in [9.17, 15) is 8.42 Å². The van der Waals surface area contributed by atoms with Crippen molar-refractivity contribution in [2.45, 2.75) is 43.7 Å². The van der Waals surface area contributed by atoms with Gasteiger partial charge in [-0.2, -0.15) is 0 Å². The summed E-state index contributed by atoms with van der Waals surface area (Å²) in [6.07, 6.45) is 1.27. The molecule has 1 saturated heterocycles. The normalized spacial score (nSPS) is 19.4. The molecular weight excluding hydrogens is 522 g/mol. The molecule has 1 fully saturated rings. The second-order valence-corrected chi connectivity index (χ2v) is 11.1. The zero-order valence-electron chi connectivity index (χ0n) is 21.1. The lowest BCUT2D eigenvalue weighted by molar-refractivity contribution is 0.0989. The lowest BCUT2D eigenvalue weighted by Gasteiger charge is -2.23. The lowest BCUT2D eigenvalue weighted by Crippen LogP contribution is -2.33. The van der Waals surface area contributed by atoms with Crippen LogP contribution in [0.25, 0.3) is 5.69 Å². The maximum absolute atomic E-state index is 13.6. The van der Waals surface area contributed by atoms with Crippen LogP contribution in [0.4, 0.5) is 5.95 Å². The topological polar surface area (TPSA) is 142 Å². The van der Waals surface area contributed by atoms with Gasteiger partial charge in [-0.05, 0) is 44.5 Å². The molecule has 0 bridgehead atoms. The highest BCUT2D eigenvalue weighted by atomic mass is 35.5. The third-order valence-corrected chi connectivity index (χ3v) is 8.08. The lowest BCUT2D eigenvalue weighted by atomic mass is 10.1. The number of aromatic nitrogens is 4. The molecule has 2 unspecified atom stereocenters. The summed E-state index contributed by atoms with van der Waals surface area (Å²) in [5, 5.41) is 7.95. The fraction of sp³-hybridized carbons (Fsp3) is 0.435. The first-order chi connectivity index (χ1) is 17.7. The molecule has 4 rings (SSSR count). The molecule has 0 spiro atoms. The molecule has 1 aliphatic heterocycles. The van der Waals surface area contributed by atoms with Gasteiger partial charge in [-0.3, -0.25) is 19.7 Å². The molecule has 2 aromatic heterocycles. The smallest absolute Gasteiger partial charge is 0.243 e. The number of benzene rings is 1. The summed E-state index contributed by atoms with van der Waals surface area (Å²) in [5.41, 5.74) is 7.23. The molecule has 3 N–H and O–H groups in total. The summed E-state index contributed by atoms with van der Waals surface area (Å²) in [6.45, 7) is 3.56. The molecule has 1 aliphatic rings. The third-order valence-electron chi connectivity index (χ3n) is 6.16. The Morgan fingerprint density at radius 2 is 1.81 bits per heavy atom. The number of para-hydroxylation sites is 1. The van der Waals surface area contributed by atoms with Gasteiger partial charge in [-0.1, -0.05) is 17.7 Å². The summed E-state index contributed by atoms with van der Waals surface area (Å²) in [7, 11) is 0.405. The van der Waals surface area contributed by atoms with Crippen LogP contribution < -0.4 is 25.0 Å². The molecule has 1 aromatic carbocycles. The summed E-state index contributed by atoms with van der Waals surface area (Å²) in [4.78, 5) is 4.23. The van der Waals surface area contributed by atoms with Gasteiger partial charge in [0.2, 0.25) is 16.0 Å². The van der Waals surface area contributed by atoms with Gasteiger partial charge in [-0.15, -0.1) is 10.2 Å². The Bertz CT molecular complexity index is 1310. The van der Waals surface area contributed by atoms with E-state index in [0.29, 0.717) is 40.1 Å². The average molecular weight is 552 g/mol. The fourth-order valence-corrected chi connectivity index (χ4v) is 5.50. The van der Waals surface area contributed by atoms with Gasteiger partial charge in [0.05, 0.1) is 31.0 Å². The van der Waals surface area contributed by atoms with Crippen LogP contribution in [0.1, 0.15) is 43.9 Å². The number of ether oxygens (including phenoxy) is 3. The van der Waals surface area contributed by atoms with Crippen molar-refractivity contribution in [2.24, 2.45) is 0 Å². The number of hydrogen-bond donors (Lipinski definition) is 3. The highest BCUT2D eigenvalue weighted by molar-refractivity contribution is 7.93. The third kappa shape index (κ3) is 5.50. The van der Waals surface area contributed by atoms with E-state index < -0.39 is 21.4 Å². The SMILES string of the molecule is COc1cccc(OC)c1-n1c(NS(=O)(=O)[C@H](C)[C@@H](OC)c2ccc(Cl)cn2)nnc1C1CC(C)NN1. The molecule has 12 nitrogen and oxygen atoms in total. The Kier molecular flexibility index (Phi) is 8.19. The quantitative estimate of drug-likeness (QED) is 0.344. The van der Waals surface area contributed by atoms with E-state index >= 15 is 0 Å². The number of hydrazine groups is 1. The van der Waals surface area contributed by atoms with Crippen molar-refractivity contribution in [3.05, 3.63) is 53.1 Å². The number of sulfonamides is 1. The molecule has 0 aliphatic carbocycles. The maximum Gasteiger partial charge on any atom is 0.243 e. The molecule has 4 atom stereocenters. The average Bonchev–Trinajstić information content (AvgIpc) is 3.50. The van der Waals surface area contributed by atoms with E-state index in [0.717, 1.165) is 0 Å². The van der Waals surface area contributed by atoms with Crippen LogP contribution in [0.5, 0.6) is 11.5 Å². The Morgan fingerprint density at radius 3 is 2.35 bits per heavy atom. The number of hydrogen-bond acceptors (Lipinski definition) is 10. The van der Waals surface area contributed by atoms with Crippen LogP contribution in [-0.4, -0.2) is 60.8 Å². The Hall–Kier alpha value is -2.97. The second-order valence-electron chi connectivity index (χ2n) is 8.62. The molecule has 14 heteroatoms. The van der Waals surface area contributed by atoms with Gasteiger partial charge in [0.15, 0.2) is 5.82 Å². The number of anilines is 1. The first-order valence-corrected chi connectivity index (χ1v) is 13.5. The monoisotopic (exact) mass is 551 g/mol. The number of methoxy groups -OCH3 is 3. The zero-order chi connectivity index (χ0) is 26.7. The number of pyridine rings is 1. The van der Waals surface area contributed by atoms with E-state index in [1.807, 2.05) is 6.92 Å². The van der Waals surface area contributed by atoms with Crippen molar-refractivity contribution >= 4 is 27.6 Å². The minimum absolute atomic E-state index is 0.0232. The minimum Gasteiger partial charge on any atom is -0.494 e. The van der Waals surface area contributed by atoms with Crippen LogP contribution in [0.3, 0.4) is 0 Å². The molecule has 0 amide bonds. The summed E-state index contributed by atoms with van der Waals surface area (Å²) >= 11 is 5.94. The van der Waals surface area contributed by atoms with Gasteiger partial charge < -0.3 is 14.2 Å². The number of nitrogens with zero attached hydrogens (tertiary/aromatic N) is 4. The Balaban J connectivity index is 1.78. The zero-order valence-corrected chi connectivity index (χ0v) is 22.7. The van der Waals surface area contributed by atoms with Gasteiger partial charge in [0, 0.05) is 19.3 Å². The number of nitrogens with one attached hydrogen (secondary N) is 3. The van der Waals surface area contributed by atoms with Crippen LogP contribution in [0, 0.1) is 0 Å². The summed E-state index contributed by atoms with van der Waals surface area (Å²) in [6, 6.07) is 8.45. The fourth-order valence-electron chi connectivity index (χ4n) is 4.24. The van der Waals surface area contributed by atoms with Gasteiger partial charge in [-0.25, -0.2) is 13.8 Å². The van der Waals surface area contributed by atoms with E-state index in [2.05, 4.69) is 30.8 Å². The first kappa shape index (κ1) is 27.1. The molecule has 0 radical (unpaired) electrons. The number of rotatable bonds is 10. The Labute approximate surface area is 220 Å². The largest absolute Gasteiger partial charge is 0.494 e. The standard InChI is InChI=1S/C23H30ClN7O5S/c1-13-11-17(27-26-13)22-28-29-23(31(22)20-18(34-3)7-6-8-19(20)35-4)30-37(32,33)14(2)21(36-5)16-10-9-15(24)12-25-16/h6-10,12-14,17,21,26-27H,11H2,1-5H3,(H,29,30)/t13?,14-,17?,21-/m1/s1. The van der Waals surface area contributed by atoms with Gasteiger partial charge in [0.1, 0.15) is 28.5 Å². The van der Waals surface area contributed by atoms with E-state index in [-0.39, 0.29) is 18.0 Å². The summed E-state index contributed by atoms with van der Waals surface area (Å²) < 4.78 is 48.1. The minimum atomic E-state index is -4.06. The van der Waals surface area contributed by atoms with Gasteiger partial charge >= 0.3 is 0 Å². The molecule has 3 aromatic rings. The van der Waals surface area contributed by atoms with Crippen molar-refractivity contribution < 1.29 is 22.6 Å². The van der Waals surface area contributed by atoms with Crippen molar-refractivity contribution in [1.29, 1.82) is 0 Å². The molecule has 0 saturated carbocycles.